The van der Waals surface area contributed by atoms with Gasteiger partial charge in [-0.3, -0.25) is 0 Å². The van der Waals surface area contributed by atoms with Gasteiger partial charge in [-0.1, -0.05) is 11.6 Å². The minimum atomic E-state index is -3.99. The summed E-state index contributed by atoms with van der Waals surface area (Å²) < 4.78 is 46.5. The van der Waals surface area contributed by atoms with Crippen LogP contribution in [0.5, 0.6) is 5.88 Å². The first-order valence-electron chi connectivity index (χ1n) is 8.00. The predicted octanol–water partition coefficient (Wildman–Crippen LogP) is 3.67. The molecule has 0 spiro atoms. The summed E-state index contributed by atoms with van der Waals surface area (Å²) in [6, 6.07) is 6.82. The number of nitrogens with one attached hydrogen (secondary N) is 1. The van der Waals surface area contributed by atoms with Crippen molar-refractivity contribution in [2.45, 2.75) is 43.2 Å². The summed E-state index contributed by atoms with van der Waals surface area (Å²) >= 11 is 5.65. The van der Waals surface area contributed by atoms with Crippen LogP contribution in [0.4, 0.5) is 4.39 Å². The molecule has 2 aromatic rings. The van der Waals surface area contributed by atoms with Crippen LogP contribution in [0, 0.1) is 5.82 Å². The molecule has 0 atom stereocenters. The van der Waals surface area contributed by atoms with Gasteiger partial charge in [0.05, 0.1) is 0 Å². The van der Waals surface area contributed by atoms with E-state index >= 15 is 0 Å². The Morgan fingerprint density at radius 3 is 2.72 bits per heavy atom. The molecule has 0 unspecified atom stereocenters. The number of nitrogens with zero attached hydrogens (tertiary/aromatic N) is 1. The Kier molecular flexibility index (Phi) is 5.56. The molecule has 1 N–H and O–H groups in total. The third kappa shape index (κ3) is 4.68. The SMILES string of the molecule is O=S(=O)(NCc1ccnc(OC2CCCC2)c1)c1ccc(Cl)cc1F. The fourth-order valence-electron chi connectivity index (χ4n) is 2.75. The van der Waals surface area contributed by atoms with Gasteiger partial charge in [0.25, 0.3) is 0 Å². The molecule has 8 heteroatoms. The second kappa shape index (κ2) is 7.68. The van der Waals surface area contributed by atoms with Crippen molar-refractivity contribution in [1.29, 1.82) is 0 Å². The maximum absolute atomic E-state index is 13.8. The molecular formula is C17H18ClFN2O3S. The molecule has 1 aromatic carbocycles. The first-order chi connectivity index (χ1) is 11.9. The molecule has 25 heavy (non-hydrogen) atoms. The fourth-order valence-corrected chi connectivity index (χ4v) is 3.98. The Morgan fingerprint density at radius 2 is 2.00 bits per heavy atom. The van der Waals surface area contributed by atoms with E-state index in [0.29, 0.717) is 11.4 Å². The van der Waals surface area contributed by atoms with Gasteiger partial charge >= 0.3 is 0 Å². The summed E-state index contributed by atoms with van der Waals surface area (Å²) in [5.74, 6) is -0.416. The molecular weight excluding hydrogens is 367 g/mol. The van der Waals surface area contributed by atoms with E-state index in [9.17, 15) is 12.8 Å². The lowest BCUT2D eigenvalue weighted by molar-refractivity contribution is 0.201. The highest BCUT2D eigenvalue weighted by Crippen LogP contribution is 2.23. The molecule has 1 aromatic heterocycles. The molecule has 134 valence electrons. The van der Waals surface area contributed by atoms with Gasteiger partial charge < -0.3 is 4.74 Å². The minimum absolute atomic E-state index is 0.00788. The Labute approximate surface area is 151 Å². The van der Waals surface area contributed by atoms with Crippen molar-refractivity contribution >= 4 is 21.6 Å². The molecule has 1 heterocycles. The molecule has 0 amide bonds. The van der Waals surface area contributed by atoms with Crippen molar-refractivity contribution in [3.05, 3.63) is 52.9 Å². The van der Waals surface area contributed by atoms with Crippen molar-refractivity contribution in [2.75, 3.05) is 0 Å². The van der Waals surface area contributed by atoms with Gasteiger partial charge in [-0.05, 0) is 55.5 Å². The van der Waals surface area contributed by atoms with Gasteiger partial charge in [0, 0.05) is 23.8 Å². The first kappa shape index (κ1) is 18.1. The van der Waals surface area contributed by atoms with Crippen LogP contribution < -0.4 is 9.46 Å². The van der Waals surface area contributed by atoms with Gasteiger partial charge in [0.15, 0.2) is 0 Å². The van der Waals surface area contributed by atoms with Crippen LogP contribution in [0.2, 0.25) is 5.02 Å². The summed E-state index contributed by atoms with van der Waals surface area (Å²) in [5.41, 5.74) is 0.681. The van der Waals surface area contributed by atoms with Crippen molar-refractivity contribution in [2.24, 2.45) is 0 Å². The Bertz CT molecular complexity index is 855. The fraction of sp³-hybridized carbons (Fsp3) is 0.353. The van der Waals surface area contributed by atoms with Crippen LogP contribution in [-0.4, -0.2) is 19.5 Å². The van der Waals surface area contributed by atoms with E-state index in [1.54, 1.807) is 18.3 Å². The molecule has 1 aliphatic carbocycles. The number of ether oxygens (including phenoxy) is 1. The third-order valence-corrected chi connectivity index (χ3v) is 5.71. The van der Waals surface area contributed by atoms with Crippen molar-refractivity contribution < 1.29 is 17.5 Å². The lowest BCUT2D eigenvalue weighted by Gasteiger charge is -2.13. The molecule has 3 rings (SSSR count). The summed E-state index contributed by atoms with van der Waals surface area (Å²) in [4.78, 5) is 3.72. The Morgan fingerprint density at radius 1 is 1.24 bits per heavy atom. The Balaban J connectivity index is 1.68. The second-order valence-corrected chi connectivity index (χ2v) is 8.10. The number of benzene rings is 1. The van der Waals surface area contributed by atoms with E-state index in [1.165, 1.54) is 6.07 Å². The number of rotatable bonds is 6. The molecule has 1 saturated carbocycles. The molecule has 5 nitrogen and oxygen atoms in total. The number of hydrogen-bond acceptors (Lipinski definition) is 4. The molecule has 0 saturated heterocycles. The molecule has 1 fully saturated rings. The van der Waals surface area contributed by atoms with Gasteiger partial charge in [0.2, 0.25) is 15.9 Å². The third-order valence-electron chi connectivity index (χ3n) is 4.04. The zero-order valence-corrected chi connectivity index (χ0v) is 15.0. The predicted molar refractivity (Wildman–Crippen MR) is 92.6 cm³/mol. The summed E-state index contributed by atoms with van der Waals surface area (Å²) in [6.07, 6.45) is 6.05. The quantitative estimate of drug-likeness (QED) is 0.825. The molecule has 0 bridgehead atoms. The second-order valence-electron chi connectivity index (χ2n) is 5.93. The van der Waals surface area contributed by atoms with Crippen LogP contribution >= 0.6 is 11.6 Å². The average molecular weight is 385 g/mol. The van der Waals surface area contributed by atoms with Gasteiger partial charge in [0.1, 0.15) is 16.8 Å². The van der Waals surface area contributed by atoms with Crippen LogP contribution in [0.25, 0.3) is 0 Å². The largest absolute Gasteiger partial charge is 0.474 e. The highest BCUT2D eigenvalue weighted by Gasteiger charge is 2.20. The van der Waals surface area contributed by atoms with E-state index in [1.807, 2.05) is 0 Å². The van der Waals surface area contributed by atoms with E-state index in [-0.39, 0.29) is 17.7 Å². The lowest BCUT2D eigenvalue weighted by Crippen LogP contribution is -2.24. The maximum Gasteiger partial charge on any atom is 0.243 e. The number of halogens is 2. The number of sulfonamides is 1. The standard InChI is InChI=1S/C17H18ClFN2O3S/c18-13-5-6-16(15(19)10-13)25(22,23)21-11-12-7-8-20-17(9-12)24-14-3-1-2-4-14/h5-10,14,21H,1-4,11H2. The minimum Gasteiger partial charge on any atom is -0.474 e. The van der Waals surface area contributed by atoms with Crippen LogP contribution in [0.1, 0.15) is 31.2 Å². The zero-order valence-electron chi connectivity index (χ0n) is 13.4. The van der Waals surface area contributed by atoms with Crippen molar-refractivity contribution in [3.8, 4) is 5.88 Å². The summed E-state index contributed by atoms with van der Waals surface area (Å²) in [6.45, 7) is 0.00788. The maximum atomic E-state index is 13.8. The van der Waals surface area contributed by atoms with Gasteiger partial charge in [-0.15, -0.1) is 0 Å². The number of pyridine rings is 1. The van der Waals surface area contributed by atoms with Crippen LogP contribution in [0.3, 0.4) is 0 Å². The van der Waals surface area contributed by atoms with E-state index < -0.39 is 20.7 Å². The van der Waals surface area contributed by atoms with Crippen LogP contribution in [-0.2, 0) is 16.6 Å². The van der Waals surface area contributed by atoms with Crippen molar-refractivity contribution in [3.63, 3.8) is 0 Å². The van der Waals surface area contributed by atoms with E-state index in [2.05, 4.69) is 9.71 Å². The number of aromatic nitrogens is 1. The first-order valence-corrected chi connectivity index (χ1v) is 9.86. The van der Waals surface area contributed by atoms with Gasteiger partial charge in [-0.25, -0.2) is 22.5 Å². The van der Waals surface area contributed by atoms with E-state index in [4.69, 9.17) is 16.3 Å². The van der Waals surface area contributed by atoms with Gasteiger partial charge in [-0.2, -0.15) is 0 Å². The molecule has 0 radical (unpaired) electrons. The Hall–Kier alpha value is -1.70. The van der Waals surface area contributed by atoms with Crippen molar-refractivity contribution in [1.82, 2.24) is 9.71 Å². The van der Waals surface area contributed by atoms with E-state index in [0.717, 1.165) is 37.8 Å². The topological polar surface area (TPSA) is 68.3 Å². The normalized spacial score (nSPS) is 15.4. The molecule has 0 aliphatic heterocycles. The molecule has 1 aliphatic rings. The lowest BCUT2D eigenvalue weighted by atomic mass is 10.2. The number of hydrogen-bond donors (Lipinski definition) is 1. The average Bonchev–Trinajstić information content (AvgIpc) is 3.06. The van der Waals surface area contributed by atoms with Crippen LogP contribution in [0.15, 0.2) is 41.4 Å². The zero-order chi connectivity index (χ0) is 17.9. The summed E-state index contributed by atoms with van der Waals surface area (Å²) in [7, 11) is -3.99. The monoisotopic (exact) mass is 384 g/mol. The summed E-state index contributed by atoms with van der Waals surface area (Å²) in [5, 5.41) is 0.138. The smallest absolute Gasteiger partial charge is 0.243 e. The highest BCUT2D eigenvalue weighted by atomic mass is 35.5. The highest BCUT2D eigenvalue weighted by molar-refractivity contribution is 7.89.